The number of aliphatic hydroxyl groups excluding tert-OH is 1. The fourth-order valence-electron chi connectivity index (χ4n) is 1.89. The van der Waals surface area contributed by atoms with Gasteiger partial charge in [-0.1, -0.05) is 17.7 Å². The third kappa shape index (κ3) is 3.77. The van der Waals surface area contributed by atoms with E-state index in [4.69, 9.17) is 21.1 Å². The van der Waals surface area contributed by atoms with E-state index >= 15 is 0 Å². The number of nitrogens with one attached hydrogen (secondary N) is 1. The normalized spacial score (nSPS) is 11.8. The first-order valence-corrected chi connectivity index (χ1v) is 6.78. The molecule has 0 spiro atoms. The molecule has 0 saturated carbocycles. The molecule has 0 aliphatic rings. The molecule has 2 N–H and O–H groups in total. The van der Waals surface area contributed by atoms with Gasteiger partial charge in [0.2, 0.25) is 0 Å². The van der Waals surface area contributed by atoms with Gasteiger partial charge >= 0.3 is 0 Å². The SMILES string of the molecule is COc1ccc([C@H](O)CNc2ncccc2Cl)cc1OC. The molecule has 6 heteroatoms. The fourth-order valence-corrected chi connectivity index (χ4v) is 2.08. The Morgan fingerprint density at radius 1 is 1.24 bits per heavy atom. The first-order chi connectivity index (χ1) is 10.2. The summed E-state index contributed by atoms with van der Waals surface area (Å²) in [4.78, 5) is 4.11. The predicted octanol–water partition coefficient (Wildman–Crippen LogP) is 2.90. The Morgan fingerprint density at radius 3 is 2.67 bits per heavy atom. The number of halogens is 1. The standard InChI is InChI=1S/C15H17ClN2O3/c1-20-13-6-5-10(8-14(13)21-2)12(19)9-18-15-11(16)4-3-7-17-15/h3-8,12,19H,9H2,1-2H3,(H,17,18)/t12-/m1/s1. The molecule has 1 atom stereocenters. The molecule has 2 rings (SSSR count). The molecule has 0 saturated heterocycles. The van der Waals surface area contributed by atoms with Crippen molar-refractivity contribution in [3.63, 3.8) is 0 Å². The van der Waals surface area contributed by atoms with E-state index in [0.717, 1.165) is 0 Å². The van der Waals surface area contributed by atoms with Crippen LogP contribution in [0, 0.1) is 0 Å². The van der Waals surface area contributed by atoms with E-state index in [2.05, 4.69) is 10.3 Å². The Hall–Kier alpha value is -1.98. The summed E-state index contributed by atoms with van der Waals surface area (Å²) in [7, 11) is 3.12. The van der Waals surface area contributed by atoms with Gasteiger partial charge in [-0.15, -0.1) is 0 Å². The lowest BCUT2D eigenvalue weighted by Crippen LogP contribution is -2.13. The van der Waals surface area contributed by atoms with Gasteiger partial charge in [0.25, 0.3) is 0 Å². The minimum atomic E-state index is -0.720. The maximum Gasteiger partial charge on any atom is 0.161 e. The number of rotatable bonds is 6. The van der Waals surface area contributed by atoms with Crippen LogP contribution in [0.3, 0.4) is 0 Å². The second-order valence-corrected chi connectivity index (χ2v) is 4.75. The van der Waals surface area contributed by atoms with Crippen LogP contribution in [0.4, 0.5) is 5.82 Å². The molecule has 112 valence electrons. The number of hydrogen-bond donors (Lipinski definition) is 2. The number of benzene rings is 1. The Labute approximate surface area is 128 Å². The van der Waals surface area contributed by atoms with Crippen molar-refractivity contribution in [2.45, 2.75) is 6.10 Å². The minimum absolute atomic E-state index is 0.284. The van der Waals surface area contributed by atoms with Gasteiger partial charge in [-0.05, 0) is 29.8 Å². The molecule has 1 heterocycles. The van der Waals surface area contributed by atoms with Crippen LogP contribution in [-0.2, 0) is 0 Å². The summed E-state index contributed by atoms with van der Waals surface area (Å²) < 4.78 is 10.4. The molecule has 0 aliphatic heterocycles. The molecule has 0 fully saturated rings. The van der Waals surface area contributed by atoms with Crippen molar-refractivity contribution in [3.05, 3.63) is 47.1 Å². The molecule has 1 aromatic heterocycles. The van der Waals surface area contributed by atoms with Gasteiger partial charge < -0.3 is 19.9 Å². The average Bonchev–Trinajstić information content (AvgIpc) is 2.53. The van der Waals surface area contributed by atoms with Gasteiger partial charge in [-0.2, -0.15) is 0 Å². The third-order valence-corrected chi connectivity index (χ3v) is 3.32. The van der Waals surface area contributed by atoms with Crippen molar-refractivity contribution in [3.8, 4) is 11.5 Å². The summed E-state index contributed by atoms with van der Waals surface area (Å²) in [5.41, 5.74) is 0.715. The average molecular weight is 309 g/mol. The molecule has 0 radical (unpaired) electrons. The summed E-state index contributed by atoms with van der Waals surface area (Å²) in [5.74, 6) is 1.73. The maximum absolute atomic E-state index is 10.2. The van der Waals surface area contributed by atoms with Crippen LogP contribution >= 0.6 is 11.6 Å². The van der Waals surface area contributed by atoms with E-state index in [-0.39, 0.29) is 6.54 Å². The van der Waals surface area contributed by atoms with Crippen LogP contribution < -0.4 is 14.8 Å². The molecule has 2 aromatic rings. The number of hydrogen-bond acceptors (Lipinski definition) is 5. The molecular weight excluding hydrogens is 292 g/mol. The van der Waals surface area contributed by atoms with E-state index in [9.17, 15) is 5.11 Å². The zero-order valence-corrected chi connectivity index (χ0v) is 12.6. The van der Waals surface area contributed by atoms with E-state index in [1.54, 1.807) is 50.7 Å². The quantitative estimate of drug-likeness (QED) is 0.859. The van der Waals surface area contributed by atoms with E-state index in [0.29, 0.717) is 27.9 Å². The monoisotopic (exact) mass is 308 g/mol. The van der Waals surface area contributed by atoms with Gasteiger partial charge in [-0.3, -0.25) is 0 Å². The molecule has 5 nitrogen and oxygen atoms in total. The number of ether oxygens (including phenoxy) is 2. The smallest absolute Gasteiger partial charge is 0.161 e. The van der Waals surface area contributed by atoms with Crippen LogP contribution in [0.15, 0.2) is 36.5 Å². The molecule has 0 aliphatic carbocycles. The van der Waals surface area contributed by atoms with E-state index in [1.165, 1.54) is 0 Å². The van der Waals surface area contributed by atoms with Crippen molar-refractivity contribution < 1.29 is 14.6 Å². The van der Waals surface area contributed by atoms with Crippen LogP contribution in [0.5, 0.6) is 11.5 Å². The molecule has 0 unspecified atom stereocenters. The second-order valence-electron chi connectivity index (χ2n) is 4.34. The highest BCUT2D eigenvalue weighted by Gasteiger charge is 2.12. The minimum Gasteiger partial charge on any atom is -0.493 e. The van der Waals surface area contributed by atoms with Crippen LogP contribution in [0.1, 0.15) is 11.7 Å². The molecule has 0 amide bonds. The highest BCUT2D eigenvalue weighted by Crippen LogP contribution is 2.30. The predicted molar refractivity (Wildman–Crippen MR) is 82.2 cm³/mol. The van der Waals surface area contributed by atoms with Crippen molar-refractivity contribution in [2.75, 3.05) is 26.1 Å². The number of aliphatic hydroxyl groups is 1. The van der Waals surface area contributed by atoms with Gasteiger partial charge in [0, 0.05) is 12.7 Å². The number of aromatic nitrogens is 1. The lowest BCUT2D eigenvalue weighted by molar-refractivity contribution is 0.191. The Balaban J connectivity index is 2.06. The zero-order chi connectivity index (χ0) is 15.2. The molecule has 21 heavy (non-hydrogen) atoms. The Kier molecular flexibility index (Phi) is 5.25. The van der Waals surface area contributed by atoms with Crippen molar-refractivity contribution in [1.82, 2.24) is 4.98 Å². The lowest BCUT2D eigenvalue weighted by atomic mass is 10.1. The van der Waals surface area contributed by atoms with Gasteiger partial charge in [-0.25, -0.2) is 4.98 Å². The third-order valence-electron chi connectivity index (χ3n) is 3.01. The topological polar surface area (TPSA) is 63.6 Å². The Bertz CT molecular complexity index is 607. The van der Waals surface area contributed by atoms with Gasteiger partial charge in [0.05, 0.1) is 25.3 Å². The molecule has 0 bridgehead atoms. The highest BCUT2D eigenvalue weighted by molar-refractivity contribution is 6.32. The van der Waals surface area contributed by atoms with E-state index in [1.807, 2.05) is 0 Å². The van der Waals surface area contributed by atoms with Crippen LogP contribution in [0.2, 0.25) is 5.02 Å². The second kappa shape index (κ2) is 7.15. The summed E-state index contributed by atoms with van der Waals surface area (Å²) in [5, 5.41) is 13.7. The zero-order valence-electron chi connectivity index (χ0n) is 11.8. The summed E-state index contributed by atoms with van der Waals surface area (Å²) in [6, 6.07) is 8.77. The largest absolute Gasteiger partial charge is 0.493 e. The summed E-state index contributed by atoms with van der Waals surface area (Å²) >= 11 is 6.00. The number of nitrogens with zero attached hydrogens (tertiary/aromatic N) is 1. The van der Waals surface area contributed by atoms with Crippen LogP contribution in [0.25, 0.3) is 0 Å². The van der Waals surface area contributed by atoms with Gasteiger partial charge in [0.15, 0.2) is 11.5 Å². The first-order valence-electron chi connectivity index (χ1n) is 6.40. The van der Waals surface area contributed by atoms with Gasteiger partial charge in [0.1, 0.15) is 5.82 Å². The summed E-state index contributed by atoms with van der Waals surface area (Å²) in [6.07, 6.45) is 0.916. The van der Waals surface area contributed by atoms with Crippen molar-refractivity contribution in [1.29, 1.82) is 0 Å². The highest BCUT2D eigenvalue weighted by atomic mass is 35.5. The fraction of sp³-hybridized carbons (Fsp3) is 0.267. The van der Waals surface area contributed by atoms with Crippen molar-refractivity contribution >= 4 is 17.4 Å². The van der Waals surface area contributed by atoms with Crippen LogP contribution in [-0.4, -0.2) is 30.9 Å². The number of anilines is 1. The Morgan fingerprint density at radius 2 is 2.00 bits per heavy atom. The first kappa shape index (κ1) is 15.4. The van der Waals surface area contributed by atoms with Crippen molar-refractivity contribution in [2.24, 2.45) is 0 Å². The van der Waals surface area contributed by atoms with E-state index < -0.39 is 6.10 Å². The number of pyridine rings is 1. The molecular formula is C15H17ClN2O3. The maximum atomic E-state index is 10.2. The molecule has 1 aromatic carbocycles. The number of methoxy groups -OCH3 is 2. The summed E-state index contributed by atoms with van der Waals surface area (Å²) in [6.45, 7) is 0.284. The lowest BCUT2D eigenvalue weighted by Gasteiger charge is -2.15.